The van der Waals surface area contributed by atoms with Gasteiger partial charge in [-0.05, 0) is 45.2 Å². The highest BCUT2D eigenvalue weighted by Gasteiger charge is 2.16. The van der Waals surface area contributed by atoms with Crippen LogP contribution >= 0.6 is 23.1 Å². The summed E-state index contributed by atoms with van der Waals surface area (Å²) in [5, 5.41) is 2.73. The van der Waals surface area contributed by atoms with Crippen LogP contribution < -0.4 is 5.32 Å². The lowest BCUT2D eigenvalue weighted by Gasteiger charge is -2.19. The van der Waals surface area contributed by atoms with E-state index in [0.717, 1.165) is 20.2 Å². The van der Waals surface area contributed by atoms with Gasteiger partial charge in [-0.1, -0.05) is 11.8 Å². The lowest BCUT2D eigenvalue weighted by Crippen LogP contribution is -2.27. The largest absolute Gasteiger partial charge is 0.444 e. The van der Waals surface area contributed by atoms with E-state index in [1.165, 1.54) is 0 Å². The van der Waals surface area contributed by atoms with Crippen LogP contribution in [0.15, 0.2) is 22.5 Å². The second kappa shape index (κ2) is 5.38. The summed E-state index contributed by atoms with van der Waals surface area (Å²) in [6.45, 7) is 5.51. The van der Waals surface area contributed by atoms with Crippen molar-refractivity contribution in [1.29, 1.82) is 0 Å². The topological polar surface area (TPSA) is 51.2 Å². The maximum absolute atomic E-state index is 11.7. The van der Waals surface area contributed by atoms with Crippen LogP contribution in [-0.2, 0) is 4.74 Å². The number of amides is 1. The van der Waals surface area contributed by atoms with Crippen molar-refractivity contribution in [2.45, 2.75) is 30.7 Å². The first-order chi connectivity index (χ1) is 8.87. The number of carbonyl (C=O) groups is 1. The Kier molecular flexibility index (Phi) is 4.01. The zero-order chi connectivity index (χ0) is 14.0. The fourth-order valence-electron chi connectivity index (χ4n) is 1.49. The van der Waals surface area contributed by atoms with Crippen LogP contribution in [0.4, 0.5) is 10.5 Å². The van der Waals surface area contributed by atoms with E-state index in [1.54, 1.807) is 23.1 Å². The maximum atomic E-state index is 11.7. The third-order valence-electron chi connectivity index (χ3n) is 2.19. The van der Waals surface area contributed by atoms with E-state index in [0.29, 0.717) is 0 Å². The van der Waals surface area contributed by atoms with Crippen LogP contribution in [0.25, 0.3) is 10.2 Å². The van der Waals surface area contributed by atoms with Gasteiger partial charge in [0, 0.05) is 5.69 Å². The summed E-state index contributed by atoms with van der Waals surface area (Å²) in [5.41, 5.74) is 1.17. The van der Waals surface area contributed by atoms with Crippen molar-refractivity contribution < 1.29 is 9.53 Å². The summed E-state index contributed by atoms with van der Waals surface area (Å²) >= 11 is 3.23. The molecular weight excluding hydrogens is 280 g/mol. The van der Waals surface area contributed by atoms with Crippen molar-refractivity contribution in [2.24, 2.45) is 0 Å². The number of ether oxygens (including phenoxy) is 1. The fourth-order valence-corrected chi connectivity index (χ4v) is 3.02. The lowest BCUT2D eigenvalue weighted by molar-refractivity contribution is 0.0636. The number of fused-ring (bicyclic) bond motifs is 1. The zero-order valence-corrected chi connectivity index (χ0v) is 12.9. The Balaban J connectivity index is 2.15. The number of rotatable bonds is 2. The number of thiazole rings is 1. The number of nitrogens with zero attached hydrogens (tertiary/aromatic N) is 1. The van der Waals surface area contributed by atoms with Gasteiger partial charge >= 0.3 is 6.09 Å². The summed E-state index contributed by atoms with van der Waals surface area (Å²) in [6.07, 6.45) is 1.55. The van der Waals surface area contributed by atoms with Crippen molar-refractivity contribution >= 4 is 45.1 Å². The van der Waals surface area contributed by atoms with E-state index < -0.39 is 11.7 Å². The molecule has 0 saturated heterocycles. The molecule has 2 rings (SSSR count). The van der Waals surface area contributed by atoms with Crippen LogP contribution in [0.3, 0.4) is 0 Å². The fraction of sp³-hybridized carbons (Fsp3) is 0.385. The molecule has 102 valence electrons. The minimum absolute atomic E-state index is 0.443. The molecule has 0 aliphatic carbocycles. The van der Waals surface area contributed by atoms with Gasteiger partial charge in [-0.2, -0.15) is 0 Å². The Hall–Kier alpha value is -1.27. The predicted octanol–water partition coefficient (Wildman–Crippen LogP) is 4.37. The molecule has 0 bridgehead atoms. The van der Waals surface area contributed by atoms with Crippen LogP contribution in [0.5, 0.6) is 0 Å². The Morgan fingerprint density at radius 1 is 1.42 bits per heavy atom. The van der Waals surface area contributed by atoms with Crippen LogP contribution in [0.1, 0.15) is 20.8 Å². The van der Waals surface area contributed by atoms with E-state index in [1.807, 2.05) is 45.2 Å². The van der Waals surface area contributed by atoms with Crippen molar-refractivity contribution in [1.82, 2.24) is 4.98 Å². The second-order valence-corrected chi connectivity index (χ2v) is 7.08. The highest BCUT2D eigenvalue weighted by Crippen LogP contribution is 2.30. The molecule has 0 aliphatic heterocycles. The molecule has 4 nitrogen and oxygen atoms in total. The van der Waals surface area contributed by atoms with E-state index >= 15 is 0 Å². The van der Waals surface area contributed by atoms with Gasteiger partial charge < -0.3 is 4.74 Å². The number of carbonyl (C=O) groups excluding carboxylic acids is 1. The number of benzene rings is 1. The van der Waals surface area contributed by atoms with Gasteiger partial charge in [0.1, 0.15) is 5.60 Å². The third-order valence-corrected chi connectivity index (χ3v) is 4.19. The Morgan fingerprint density at radius 3 is 2.79 bits per heavy atom. The number of hydrogen-bond donors (Lipinski definition) is 1. The molecule has 0 aliphatic rings. The third kappa shape index (κ3) is 3.84. The quantitative estimate of drug-likeness (QED) is 0.836. The first kappa shape index (κ1) is 14.1. The first-order valence-electron chi connectivity index (χ1n) is 5.82. The number of nitrogens with one attached hydrogen (secondary N) is 1. The molecule has 0 radical (unpaired) electrons. The maximum Gasteiger partial charge on any atom is 0.412 e. The first-order valence-corrected chi connectivity index (χ1v) is 7.86. The average Bonchev–Trinajstić information content (AvgIpc) is 2.68. The van der Waals surface area contributed by atoms with Gasteiger partial charge in [-0.3, -0.25) is 5.32 Å². The monoisotopic (exact) mass is 296 g/mol. The minimum atomic E-state index is -0.495. The van der Waals surface area contributed by atoms with Crippen LogP contribution in [0.2, 0.25) is 0 Å². The molecule has 1 aromatic heterocycles. The van der Waals surface area contributed by atoms with Crippen LogP contribution in [-0.4, -0.2) is 22.9 Å². The van der Waals surface area contributed by atoms with Gasteiger partial charge in [-0.25, -0.2) is 9.78 Å². The smallest absolute Gasteiger partial charge is 0.412 e. The molecule has 0 atom stereocenters. The molecule has 0 saturated carbocycles. The van der Waals surface area contributed by atoms with E-state index in [9.17, 15) is 4.79 Å². The highest BCUT2D eigenvalue weighted by atomic mass is 32.2. The molecule has 0 unspecified atom stereocenters. The summed E-state index contributed by atoms with van der Waals surface area (Å²) in [7, 11) is 0. The van der Waals surface area contributed by atoms with Gasteiger partial charge in [0.2, 0.25) is 0 Å². The number of hydrogen-bond acceptors (Lipinski definition) is 5. The molecule has 2 aromatic rings. The van der Waals surface area contributed by atoms with Gasteiger partial charge in [0.15, 0.2) is 4.34 Å². The normalized spacial score (nSPS) is 11.6. The number of thioether (sulfide) groups is 1. The second-order valence-electron chi connectivity index (χ2n) is 4.99. The summed E-state index contributed by atoms with van der Waals surface area (Å²) in [5.74, 6) is 0. The Morgan fingerprint density at radius 2 is 2.16 bits per heavy atom. The van der Waals surface area contributed by atoms with E-state index in [2.05, 4.69) is 10.3 Å². The summed E-state index contributed by atoms with van der Waals surface area (Å²) in [4.78, 5) is 16.1. The molecule has 1 heterocycles. The van der Waals surface area contributed by atoms with Gasteiger partial charge in [0.25, 0.3) is 0 Å². The number of aromatic nitrogens is 1. The lowest BCUT2D eigenvalue weighted by atomic mass is 10.2. The molecule has 6 heteroatoms. The van der Waals surface area contributed by atoms with E-state index in [4.69, 9.17) is 4.74 Å². The molecular formula is C13H16N2O2S2. The van der Waals surface area contributed by atoms with E-state index in [-0.39, 0.29) is 0 Å². The summed E-state index contributed by atoms with van der Waals surface area (Å²) in [6, 6.07) is 5.64. The van der Waals surface area contributed by atoms with Crippen molar-refractivity contribution in [2.75, 3.05) is 11.6 Å². The summed E-state index contributed by atoms with van der Waals surface area (Å²) < 4.78 is 7.29. The molecule has 1 amide bonds. The molecule has 1 N–H and O–H groups in total. The van der Waals surface area contributed by atoms with Crippen LogP contribution in [0, 0.1) is 0 Å². The average molecular weight is 296 g/mol. The van der Waals surface area contributed by atoms with Crippen molar-refractivity contribution in [3.05, 3.63) is 18.2 Å². The molecule has 1 aromatic carbocycles. The standard InChI is InChI=1S/C13H16N2O2S2/c1-13(2,3)17-11(16)14-8-5-6-9-10(7-8)19-12(15-9)18-4/h5-7H,1-4H3,(H,14,16). The Labute approximate surface area is 120 Å². The van der Waals surface area contributed by atoms with Crippen molar-refractivity contribution in [3.63, 3.8) is 0 Å². The number of anilines is 1. The molecule has 0 fully saturated rings. The van der Waals surface area contributed by atoms with Gasteiger partial charge in [-0.15, -0.1) is 11.3 Å². The van der Waals surface area contributed by atoms with Gasteiger partial charge in [0.05, 0.1) is 10.2 Å². The molecule has 19 heavy (non-hydrogen) atoms. The molecule has 0 spiro atoms. The zero-order valence-electron chi connectivity index (χ0n) is 11.3. The minimum Gasteiger partial charge on any atom is -0.444 e. The Bertz CT molecular complexity index is 602. The SMILES string of the molecule is CSc1nc2ccc(NC(=O)OC(C)(C)C)cc2s1. The highest BCUT2D eigenvalue weighted by molar-refractivity contribution is 8.00. The van der Waals surface area contributed by atoms with Crippen molar-refractivity contribution in [3.8, 4) is 0 Å². The predicted molar refractivity (Wildman–Crippen MR) is 81.3 cm³/mol.